The number of nitrogens with zero attached hydrogens (tertiary/aromatic N) is 1. The van der Waals surface area contributed by atoms with Crippen molar-refractivity contribution in [1.29, 1.82) is 5.26 Å². The normalized spacial score (nSPS) is 17.0. The van der Waals surface area contributed by atoms with E-state index in [9.17, 15) is 10.4 Å². The number of aliphatic hydroxyl groups excluding tert-OH is 1. The van der Waals surface area contributed by atoms with E-state index in [2.05, 4.69) is 24.3 Å². The number of benzene rings is 2. The number of rotatable bonds is 2. The molecule has 2 nitrogen and oxygen atoms in total. The van der Waals surface area contributed by atoms with Gasteiger partial charge in [-0.05, 0) is 43.4 Å². The molecule has 0 aliphatic heterocycles. The van der Waals surface area contributed by atoms with Crippen LogP contribution in [0.1, 0.15) is 33.9 Å². The van der Waals surface area contributed by atoms with Gasteiger partial charge in [-0.25, -0.2) is 0 Å². The SMILES string of the molecule is Cc1cc(C)cc(C(O)C2(C#N)Cc3ccccc3C2)c1. The van der Waals surface area contributed by atoms with E-state index in [0.717, 1.165) is 16.7 Å². The highest BCUT2D eigenvalue weighted by atomic mass is 16.3. The van der Waals surface area contributed by atoms with Gasteiger partial charge in [-0.2, -0.15) is 5.26 Å². The molecule has 1 N–H and O–H groups in total. The fraction of sp³-hybridized carbons (Fsp3) is 0.316. The van der Waals surface area contributed by atoms with Gasteiger partial charge in [0.1, 0.15) is 0 Å². The highest BCUT2D eigenvalue weighted by Gasteiger charge is 2.44. The molecule has 1 unspecified atom stereocenters. The van der Waals surface area contributed by atoms with Crippen LogP contribution in [0.15, 0.2) is 42.5 Å². The highest BCUT2D eigenvalue weighted by molar-refractivity contribution is 5.41. The van der Waals surface area contributed by atoms with Crippen LogP contribution in [0, 0.1) is 30.6 Å². The summed E-state index contributed by atoms with van der Waals surface area (Å²) in [6.07, 6.45) is 0.482. The van der Waals surface area contributed by atoms with E-state index in [4.69, 9.17) is 0 Å². The zero-order valence-electron chi connectivity index (χ0n) is 12.4. The molecule has 21 heavy (non-hydrogen) atoms. The number of nitriles is 1. The van der Waals surface area contributed by atoms with E-state index >= 15 is 0 Å². The highest BCUT2D eigenvalue weighted by Crippen LogP contribution is 2.45. The van der Waals surface area contributed by atoms with Gasteiger partial charge in [-0.15, -0.1) is 0 Å². The molecule has 0 spiro atoms. The number of hydrogen-bond donors (Lipinski definition) is 1. The van der Waals surface area contributed by atoms with Crippen LogP contribution < -0.4 is 0 Å². The second kappa shape index (κ2) is 5.02. The van der Waals surface area contributed by atoms with Crippen LogP contribution >= 0.6 is 0 Å². The minimum absolute atomic E-state index is 0.619. The Hall–Kier alpha value is -2.11. The molecule has 0 heterocycles. The first-order valence-corrected chi connectivity index (χ1v) is 7.28. The second-order valence-electron chi connectivity index (χ2n) is 6.21. The third-order valence-electron chi connectivity index (χ3n) is 4.44. The Bertz CT molecular complexity index is 681. The zero-order chi connectivity index (χ0) is 15.0. The van der Waals surface area contributed by atoms with E-state index in [0.29, 0.717) is 12.8 Å². The molecule has 2 heteroatoms. The van der Waals surface area contributed by atoms with E-state index in [1.807, 2.05) is 38.1 Å². The van der Waals surface area contributed by atoms with Crippen LogP contribution in [0.3, 0.4) is 0 Å². The van der Waals surface area contributed by atoms with E-state index in [1.54, 1.807) is 0 Å². The molecule has 1 aliphatic carbocycles. The molecule has 2 aromatic rings. The van der Waals surface area contributed by atoms with Gasteiger partial charge < -0.3 is 5.11 Å². The van der Waals surface area contributed by atoms with Gasteiger partial charge in [-0.3, -0.25) is 0 Å². The number of hydrogen-bond acceptors (Lipinski definition) is 2. The molecule has 0 amide bonds. The van der Waals surface area contributed by atoms with Crippen LogP contribution in [0.5, 0.6) is 0 Å². The topological polar surface area (TPSA) is 44.0 Å². The molecule has 0 saturated heterocycles. The van der Waals surface area contributed by atoms with Gasteiger partial charge in [0, 0.05) is 0 Å². The standard InChI is InChI=1S/C19H19NO/c1-13-7-14(2)9-17(8-13)18(21)19(12-20)10-15-5-3-4-6-16(15)11-19/h3-9,18,21H,10-11H2,1-2H3. The van der Waals surface area contributed by atoms with Crippen molar-refractivity contribution in [3.05, 3.63) is 70.3 Å². The summed E-state index contributed by atoms with van der Waals surface area (Å²) < 4.78 is 0. The van der Waals surface area contributed by atoms with Crippen molar-refractivity contribution in [3.63, 3.8) is 0 Å². The lowest BCUT2D eigenvalue weighted by atomic mass is 9.77. The van der Waals surface area contributed by atoms with Gasteiger partial charge >= 0.3 is 0 Å². The molecule has 3 rings (SSSR count). The van der Waals surface area contributed by atoms with Crippen molar-refractivity contribution in [2.24, 2.45) is 5.41 Å². The van der Waals surface area contributed by atoms with Crippen molar-refractivity contribution in [1.82, 2.24) is 0 Å². The first-order valence-electron chi connectivity index (χ1n) is 7.28. The molecule has 1 aliphatic rings. The summed E-state index contributed by atoms with van der Waals surface area (Å²) in [6, 6.07) is 16.6. The minimum Gasteiger partial charge on any atom is -0.387 e. The van der Waals surface area contributed by atoms with E-state index in [-0.39, 0.29) is 0 Å². The first kappa shape index (κ1) is 13.9. The van der Waals surface area contributed by atoms with Crippen LogP contribution in [0.25, 0.3) is 0 Å². The fourth-order valence-electron chi connectivity index (χ4n) is 3.46. The summed E-state index contributed by atoms with van der Waals surface area (Å²) in [5, 5.41) is 20.6. The average Bonchev–Trinajstić information content (AvgIpc) is 2.85. The van der Waals surface area contributed by atoms with Gasteiger partial charge in [0.05, 0.1) is 17.6 Å². The summed E-state index contributed by atoms with van der Waals surface area (Å²) in [6.45, 7) is 4.04. The largest absolute Gasteiger partial charge is 0.387 e. The molecule has 1 atom stereocenters. The second-order valence-corrected chi connectivity index (χ2v) is 6.21. The lowest BCUT2D eigenvalue weighted by Crippen LogP contribution is -2.28. The van der Waals surface area contributed by atoms with Crippen molar-refractivity contribution in [2.75, 3.05) is 0 Å². The third-order valence-corrected chi connectivity index (χ3v) is 4.44. The Morgan fingerprint density at radius 2 is 1.57 bits per heavy atom. The first-order chi connectivity index (χ1) is 10.0. The number of fused-ring (bicyclic) bond motifs is 1. The Morgan fingerprint density at radius 3 is 2.05 bits per heavy atom. The van der Waals surface area contributed by atoms with Crippen molar-refractivity contribution < 1.29 is 5.11 Å². The monoisotopic (exact) mass is 277 g/mol. The smallest absolute Gasteiger partial charge is 0.0983 e. The molecule has 0 fully saturated rings. The Labute approximate surface area is 125 Å². The van der Waals surface area contributed by atoms with E-state index in [1.165, 1.54) is 11.1 Å². The summed E-state index contributed by atoms with van der Waals surface area (Å²) in [4.78, 5) is 0. The van der Waals surface area contributed by atoms with Gasteiger partial charge in [0.25, 0.3) is 0 Å². The van der Waals surface area contributed by atoms with Crippen LogP contribution in [0.4, 0.5) is 0 Å². The van der Waals surface area contributed by atoms with Gasteiger partial charge in [-0.1, -0.05) is 53.6 Å². The van der Waals surface area contributed by atoms with Crippen molar-refractivity contribution >= 4 is 0 Å². The maximum absolute atomic E-state index is 10.9. The average molecular weight is 277 g/mol. The van der Waals surface area contributed by atoms with Crippen molar-refractivity contribution in [2.45, 2.75) is 32.8 Å². The zero-order valence-corrected chi connectivity index (χ0v) is 12.4. The quantitative estimate of drug-likeness (QED) is 0.910. The Kier molecular flexibility index (Phi) is 3.31. The molecule has 0 bridgehead atoms. The predicted molar refractivity (Wildman–Crippen MR) is 82.8 cm³/mol. The minimum atomic E-state index is -0.756. The number of aliphatic hydroxyl groups is 1. The molecular weight excluding hydrogens is 258 g/mol. The summed E-state index contributed by atoms with van der Waals surface area (Å²) >= 11 is 0. The fourth-order valence-corrected chi connectivity index (χ4v) is 3.46. The predicted octanol–water partition coefficient (Wildman–Crippen LogP) is 3.65. The Balaban J connectivity index is 2.00. The lowest BCUT2D eigenvalue weighted by Gasteiger charge is -2.27. The lowest BCUT2D eigenvalue weighted by molar-refractivity contribution is 0.0692. The third kappa shape index (κ3) is 2.34. The maximum atomic E-state index is 10.9. The van der Waals surface area contributed by atoms with Gasteiger partial charge in [0.2, 0.25) is 0 Å². The van der Waals surface area contributed by atoms with Crippen LogP contribution in [0.2, 0.25) is 0 Å². The van der Waals surface area contributed by atoms with Gasteiger partial charge in [0.15, 0.2) is 0 Å². The maximum Gasteiger partial charge on any atom is 0.0983 e. The summed E-state index contributed by atoms with van der Waals surface area (Å²) in [7, 11) is 0. The summed E-state index contributed by atoms with van der Waals surface area (Å²) in [5.74, 6) is 0. The molecule has 2 aromatic carbocycles. The number of aryl methyl sites for hydroxylation is 2. The molecular formula is C19H19NO. The molecule has 0 radical (unpaired) electrons. The molecule has 106 valence electrons. The molecule has 0 saturated carbocycles. The Morgan fingerprint density at radius 1 is 1.05 bits per heavy atom. The van der Waals surface area contributed by atoms with Crippen LogP contribution in [-0.4, -0.2) is 5.11 Å². The van der Waals surface area contributed by atoms with Crippen molar-refractivity contribution in [3.8, 4) is 6.07 Å². The van der Waals surface area contributed by atoms with Crippen LogP contribution in [-0.2, 0) is 12.8 Å². The summed E-state index contributed by atoms with van der Waals surface area (Å²) in [5.41, 5.74) is 4.70. The van der Waals surface area contributed by atoms with E-state index < -0.39 is 11.5 Å². The molecule has 0 aromatic heterocycles.